The highest BCUT2D eigenvalue weighted by Gasteiger charge is 2.24. The van der Waals surface area contributed by atoms with Crippen LogP contribution in [0.1, 0.15) is 0 Å². The average Bonchev–Trinajstić information content (AvgIpc) is 1.77. The maximum atomic E-state index is 5.34. The van der Waals surface area contributed by atoms with E-state index < -0.39 is 0 Å². The fourth-order valence-corrected chi connectivity index (χ4v) is 1.04. The van der Waals surface area contributed by atoms with Crippen LogP contribution in [0.25, 0.3) is 0 Å². The van der Waals surface area contributed by atoms with E-state index >= 15 is 0 Å². The molecule has 0 spiro atoms. The highest BCUT2D eigenvalue weighted by molar-refractivity contribution is 4.79. The minimum Gasteiger partial charge on any atom is -0.379 e. The number of likely N-dealkylation sites (tertiary alicyclic amines) is 1. The first-order valence-corrected chi connectivity index (χ1v) is 3.32. The van der Waals surface area contributed by atoms with Crippen molar-refractivity contribution in [2.75, 3.05) is 33.3 Å². The summed E-state index contributed by atoms with van der Waals surface area (Å²) in [7, 11) is 1.75. The van der Waals surface area contributed by atoms with Crippen molar-refractivity contribution in [1.29, 1.82) is 0 Å². The summed E-state index contributed by atoms with van der Waals surface area (Å²) in [5.74, 6) is 0. The Balaban J connectivity index is 1.98. The smallest absolute Gasteiger partial charge is 0.0824 e. The van der Waals surface area contributed by atoms with Gasteiger partial charge >= 0.3 is 0 Å². The molecule has 0 bridgehead atoms. The van der Waals surface area contributed by atoms with Crippen LogP contribution in [-0.4, -0.2) is 44.3 Å². The molecule has 2 N–H and O–H groups in total. The maximum Gasteiger partial charge on any atom is 0.0824 e. The minimum absolute atomic E-state index is 0.469. The molecule has 1 saturated heterocycles. The van der Waals surface area contributed by atoms with Crippen molar-refractivity contribution < 1.29 is 4.74 Å². The fourth-order valence-electron chi connectivity index (χ4n) is 1.04. The number of nitrogens with two attached hydrogens (primary N) is 1. The van der Waals surface area contributed by atoms with Gasteiger partial charge in [0.05, 0.1) is 6.10 Å². The second-order valence-electron chi connectivity index (χ2n) is 2.41. The van der Waals surface area contributed by atoms with E-state index in [0.717, 1.165) is 26.2 Å². The van der Waals surface area contributed by atoms with Crippen LogP contribution in [0.5, 0.6) is 0 Å². The highest BCUT2D eigenvalue weighted by atomic mass is 16.5. The molecule has 0 aromatic heterocycles. The molecule has 0 aromatic rings. The summed E-state index contributed by atoms with van der Waals surface area (Å²) in [5, 5.41) is 0. The lowest BCUT2D eigenvalue weighted by molar-refractivity contribution is -0.0274. The molecule has 3 nitrogen and oxygen atoms in total. The molecule has 1 aliphatic rings. The molecule has 1 rings (SSSR count). The molecule has 54 valence electrons. The molecule has 1 heterocycles. The van der Waals surface area contributed by atoms with Crippen LogP contribution < -0.4 is 5.73 Å². The Morgan fingerprint density at radius 2 is 2.33 bits per heavy atom. The van der Waals surface area contributed by atoms with Gasteiger partial charge in [0.2, 0.25) is 0 Å². The van der Waals surface area contributed by atoms with Gasteiger partial charge in [0.25, 0.3) is 0 Å². The Morgan fingerprint density at radius 1 is 1.67 bits per heavy atom. The molecule has 1 fully saturated rings. The lowest BCUT2D eigenvalue weighted by Crippen LogP contribution is -2.53. The summed E-state index contributed by atoms with van der Waals surface area (Å²) in [6.07, 6.45) is 0.469. The highest BCUT2D eigenvalue weighted by Crippen LogP contribution is 2.08. The quantitative estimate of drug-likeness (QED) is 0.547. The Hall–Kier alpha value is -0.120. The van der Waals surface area contributed by atoms with E-state index in [9.17, 15) is 0 Å². The molecule has 0 saturated carbocycles. The zero-order valence-corrected chi connectivity index (χ0v) is 5.84. The average molecular weight is 130 g/mol. The minimum atomic E-state index is 0.469. The molecule has 0 radical (unpaired) electrons. The lowest BCUT2D eigenvalue weighted by Gasteiger charge is -2.37. The largest absolute Gasteiger partial charge is 0.379 e. The second kappa shape index (κ2) is 3.15. The lowest BCUT2D eigenvalue weighted by atomic mass is 10.2. The third kappa shape index (κ3) is 1.64. The Labute approximate surface area is 55.8 Å². The van der Waals surface area contributed by atoms with Crippen molar-refractivity contribution in [3.63, 3.8) is 0 Å². The summed E-state index contributed by atoms with van der Waals surface area (Å²) in [6, 6.07) is 0. The molecule has 0 atom stereocenters. The number of methoxy groups -OCH3 is 1. The summed E-state index contributed by atoms with van der Waals surface area (Å²) in [4.78, 5) is 2.29. The summed E-state index contributed by atoms with van der Waals surface area (Å²) >= 11 is 0. The van der Waals surface area contributed by atoms with Gasteiger partial charge in [-0.25, -0.2) is 0 Å². The normalized spacial score (nSPS) is 22.0. The first-order valence-electron chi connectivity index (χ1n) is 3.32. The third-order valence-electron chi connectivity index (χ3n) is 1.70. The predicted molar refractivity (Wildman–Crippen MR) is 36.3 cm³/mol. The second-order valence-corrected chi connectivity index (χ2v) is 2.41. The molecule has 0 aliphatic carbocycles. The molecular weight excluding hydrogens is 116 g/mol. The number of rotatable bonds is 3. The van der Waals surface area contributed by atoms with Gasteiger partial charge in [0, 0.05) is 33.3 Å². The van der Waals surface area contributed by atoms with E-state index in [2.05, 4.69) is 4.90 Å². The number of ether oxygens (including phenoxy) is 1. The Morgan fingerprint density at radius 3 is 2.78 bits per heavy atom. The van der Waals surface area contributed by atoms with E-state index in [1.807, 2.05) is 0 Å². The van der Waals surface area contributed by atoms with Crippen molar-refractivity contribution in [2.24, 2.45) is 5.73 Å². The summed E-state index contributed by atoms with van der Waals surface area (Å²) in [5.41, 5.74) is 5.34. The first kappa shape index (κ1) is 6.99. The van der Waals surface area contributed by atoms with Gasteiger partial charge < -0.3 is 10.5 Å². The van der Waals surface area contributed by atoms with Crippen LogP contribution in [0.15, 0.2) is 0 Å². The fraction of sp³-hybridized carbons (Fsp3) is 1.00. The van der Waals surface area contributed by atoms with Crippen LogP contribution in [0.4, 0.5) is 0 Å². The van der Waals surface area contributed by atoms with Crippen LogP contribution in [-0.2, 0) is 4.74 Å². The van der Waals surface area contributed by atoms with Crippen LogP contribution in [0, 0.1) is 0 Å². The zero-order chi connectivity index (χ0) is 6.69. The molecule has 9 heavy (non-hydrogen) atoms. The van der Waals surface area contributed by atoms with Gasteiger partial charge in [-0.05, 0) is 0 Å². The molecule has 0 amide bonds. The van der Waals surface area contributed by atoms with E-state index in [-0.39, 0.29) is 0 Å². The van der Waals surface area contributed by atoms with Crippen LogP contribution >= 0.6 is 0 Å². The Kier molecular flexibility index (Phi) is 2.45. The molecule has 0 aromatic carbocycles. The zero-order valence-electron chi connectivity index (χ0n) is 5.84. The van der Waals surface area contributed by atoms with Gasteiger partial charge in [-0.2, -0.15) is 0 Å². The molecule has 1 aliphatic heterocycles. The monoisotopic (exact) mass is 130 g/mol. The van der Waals surface area contributed by atoms with E-state index in [0.29, 0.717) is 6.10 Å². The Bertz CT molecular complexity index is 81.1. The van der Waals surface area contributed by atoms with Crippen molar-refractivity contribution in [3.8, 4) is 0 Å². The van der Waals surface area contributed by atoms with Gasteiger partial charge in [-0.1, -0.05) is 0 Å². The number of hydrogen-bond acceptors (Lipinski definition) is 3. The summed E-state index contributed by atoms with van der Waals surface area (Å²) < 4.78 is 5.08. The van der Waals surface area contributed by atoms with Crippen molar-refractivity contribution in [2.45, 2.75) is 6.10 Å². The van der Waals surface area contributed by atoms with E-state index in [4.69, 9.17) is 10.5 Å². The van der Waals surface area contributed by atoms with Crippen LogP contribution in [0.3, 0.4) is 0 Å². The maximum absolute atomic E-state index is 5.34. The molecular formula is C6H14N2O. The topological polar surface area (TPSA) is 38.5 Å². The molecule has 0 unspecified atom stereocenters. The van der Waals surface area contributed by atoms with Crippen LogP contribution in [0.2, 0.25) is 0 Å². The van der Waals surface area contributed by atoms with Gasteiger partial charge in [0.15, 0.2) is 0 Å². The number of hydrogen-bond donors (Lipinski definition) is 1. The van der Waals surface area contributed by atoms with E-state index in [1.165, 1.54) is 0 Å². The SMILES string of the molecule is COC1CN(CCN)C1. The first-order chi connectivity index (χ1) is 4.36. The van der Waals surface area contributed by atoms with Crippen molar-refractivity contribution in [3.05, 3.63) is 0 Å². The van der Waals surface area contributed by atoms with E-state index in [1.54, 1.807) is 7.11 Å². The summed E-state index contributed by atoms with van der Waals surface area (Å²) in [6.45, 7) is 3.90. The predicted octanol–water partition coefficient (Wildman–Crippen LogP) is -0.724. The molecule has 3 heteroatoms. The van der Waals surface area contributed by atoms with Crippen molar-refractivity contribution in [1.82, 2.24) is 4.90 Å². The number of nitrogens with zero attached hydrogens (tertiary/aromatic N) is 1. The van der Waals surface area contributed by atoms with Gasteiger partial charge in [-0.3, -0.25) is 4.90 Å². The standard InChI is InChI=1S/C6H14N2O/c1-9-6-4-8(5-6)3-2-7/h6H,2-5,7H2,1H3. The van der Waals surface area contributed by atoms with Crippen molar-refractivity contribution >= 4 is 0 Å². The van der Waals surface area contributed by atoms with Gasteiger partial charge in [-0.15, -0.1) is 0 Å². The third-order valence-corrected chi connectivity index (χ3v) is 1.70. The van der Waals surface area contributed by atoms with Gasteiger partial charge in [0.1, 0.15) is 0 Å².